The maximum atomic E-state index is 5.59. The number of nitrogens with two attached hydrogens (primary N) is 1. The van der Waals surface area contributed by atoms with E-state index in [2.05, 4.69) is 27.4 Å². The zero-order valence-electron chi connectivity index (χ0n) is 9.74. The van der Waals surface area contributed by atoms with Gasteiger partial charge in [0.1, 0.15) is 6.04 Å². The minimum atomic E-state index is -0.231. The number of hydrazine groups is 1. The van der Waals surface area contributed by atoms with Crippen molar-refractivity contribution in [3.63, 3.8) is 0 Å². The summed E-state index contributed by atoms with van der Waals surface area (Å²) < 4.78 is 1.92. The average molecular weight is 232 g/mol. The Hall–Kier alpha value is -1.79. The Kier molecular flexibility index (Phi) is 3.79. The van der Waals surface area contributed by atoms with Gasteiger partial charge in [0.05, 0.1) is 5.69 Å². The molecule has 2 rings (SSSR count). The normalized spacial score (nSPS) is 12.6. The Morgan fingerprint density at radius 1 is 1.35 bits per heavy atom. The molecule has 2 aromatic rings. The van der Waals surface area contributed by atoms with Gasteiger partial charge in [0, 0.05) is 25.1 Å². The van der Waals surface area contributed by atoms with E-state index in [1.54, 1.807) is 24.7 Å². The molecule has 6 heteroatoms. The molecule has 17 heavy (non-hydrogen) atoms. The monoisotopic (exact) mass is 232 g/mol. The van der Waals surface area contributed by atoms with Gasteiger partial charge in [-0.05, 0) is 18.6 Å². The van der Waals surface area contributed by atoms with Crippen molar-refractivity contribution in [1.29, 1.82) is 0 Å². The second-order valence-corrected chi connectivity index (χ2v) is 3.69. The van der Waals surface area contributed by atoms with Gasteiger partial charge < -0.3 is 0 Å². The van der Waals surface area contributed by atoms with Crippen LogP contribution in [-0.4, -0.2) is 19.7 Å². The fourth-order valence-corrected chi connectivity index (χ4v) is 1.74. The van der Waals surface area contributed by atoms with Crippen molar-refractivity contribution >= 4 is 0 Å². The first kappa shape index (κ1) is 11.7. The SMILES string of the molecule is CCCn1nccc1C(NN)c1ncccn1. The van der Waals surface area contributed by atoms with Crippen LogP contribution in [0.25, 0.3) is 0 Å². The van der Waals surface area contributed by atoms with E-state index in [9.17, 15) is 0 Å². The molecule has 0 bridgehead atoms. The second kappa shape index (κ2) is 5.51. The summed E-state index contributed by atoms with van der Waals surface area (Å²) in [5.41, 5.74) is 3.71. The molecule has 2 heterocycles. The molecule has 0 saturated heterocycles. The van der Waals surface area contributed by atoms with Gasteiger partial charge in [-0.2, -0.15) is 5.10 Å². The third-order valence-corrected chi connectivity index (χ3v) is 2.49. The van der Waals surface area contributed by atoms with Crippen LogP contribution in [0.2, 0.25) is 0 Å². The van der Waals surface area contributed by atoms with Gasteiger partial charge >= 0.3 is 0 Å². The number of hydrogen-bond acceptors (Lipinski definition) is 5. The number of aromatic nitrogens is 4. The molecule has 0 saturated carbocycles. The minimum Gasteiger partial charge on any atom is -0.270 e. The van der Waals surface area contributed by atoms with Crippen LogP contribution in [0.5, 0.6) is 0 Å². The van der Waals surface area contributed by atoms with Crippen molar-refractivity contribution < 1.29 is 0 Å². The summed E-state index contributed by atoms with van der Waals surface area (Å²) in [6, 6.07) is 3.47. The minimum absolute atomic E-state index is 0.231. The molecule has 1 unspecified atom stereocenters. The van der Waals surface area contributed by atoms with Crippen LogP contribution in [0.15, 0.2) is 30.7 Å². The summed E-state index contributed by atoms with van der Waals surface area (Å²) in [4.78, 5) is 8.42. The molecule has 0 aliphatic carbocycles. The molecule has 0 spiro atoms. The van der Waals surface area contributed by atoms with E-state index in [0.29, 0.717) is 5.82 Å². The molecular weight excluding hydrogens is 216 g/mol. The Bertz CT molecular complexity index is 452. The highest BCUT2D eigenvalue weighted by atomic mass is 15.3. The molecule has 6 nitrogen and oxygen atoms in total. The predicted molar refractivity (Wildman–Crippen MR) is 63.7 cm³/mol. The zero-order chi connectivity index (χ0) is 12.1. The van der Waals surface area contributed by atoms with E-state index >= 15 is 0 Å². The average Bonchev–Trinajstić information content (AvgIpc) is 2.81. The van der Waals surface area contributed by atoms with Gasteiger partial charge in [-0.3, -0.25) is 10.5 Å². The topological polar surface area (TPSA) is 81.7 Å². The Labute approximate surface area is 99.9 Å². The number of aryl methyl sites for hydroxylation is 1. The van der Waals surface area contributed by atoms with Crippen LogP contribution in [0.1, 0.15) is 30.9 Å². The van der Waals surface area contributed by atoms with Crippen LogP contribution in [-0.2, 0) is 6.54 Å². The first-order chi connectivity index (χ1) is 8.36. The van der Waals surface area contributed by atoms with Crippen molar-refractivity contribution in [2.45, 2.75) is 25.9 Å². The number of hydrogen-bond donors (Lipinski definition) is 2. The summed E-state index contributed by atoms with van der Waals surface area (Å²) in [7, 11) is 0. The van der Waals surface area contributed by atoms with Crippen molar-refractivity contribution in [2.75, 3.05) is 0 Å². The lowest BCUT2D eigenvalue weighted by molar-refractivity contribution is 0.507. The van der Waals surface area contributed by atoms with Crippen molar-refractivity contribution in [3.05, 3.63) is 42.2 Å². The third kappa shape index (κ3) is 2.48. The highest BCUT2D eigenvalue weighted by Crippen LogP contribution is 2.17. The van der Waals surface area contributed by atoms with E-state index < -0.39 is 0 Å². The zero-order valence-corrected chi connectivity index (χ0v) is 9.74. The van der Waals surface area contributed by atoms with Gasteiger partial charge in [0.25, 0.3) is 0 Å². The molecule has 1 atom stereocenters. The quantitative estimate of drug-likeness (QED) is 0.584. The third-order valence-electron chi connectivity index (χ3n) is 2.49. The molecule has 2 aromatic heterocycles. The van der Waals surface area contributed by atoms with Crippen LogP contribution < -0.4 is 11.3 Å². The first-order valence-electron chi connectivity index (χ1n) is 5.61. The maximum absolute atomic E-state index is 5.59. The highest BCUT2D eigenvalue weighted by molar-refractivity contribution is 5.16. The van der Waals surface area contributed by atoms with Crippen LogP contribution >= 0.6 is 0 Å². The smallest absolute Gasteiger partial charge is 0.152 e. The largest absolute Gasteiger partial charge is 0.270 e. The summed E-state index contributed by atoms with van der Waals surface area (Å²) >= 11 is 0. The molecule has 0 radical (unpaired) electrons. The Morgan fingerprint density at radius 3 is 2.76 bits per heavy atom. The highest BCUT2D eigenvalue weighted by Gasteiger charge is 2.18. The Balaban J connectivity index is 2.32. The number of rotatable bonds is 5. The summed E-state index contributed by atoms with van der Waals surface area (Å²) in [5.74, 6) is 6.24. The number of nitrogens with zero attached hydrogens (tertiary/aromatic N) is 4. The van der Waals surface area contributed by atoms with E-state index in [0.717, 1.165) is 18.7 Å². The van der Waals surface area contributed by atoms with Crippen LogP contribution in [0.3, 0.4) is 0 Å². The lowest BCUT2D eigenvalue weighted by atomic mass is 10.2. The molecule has 0 aliphatic heterocycles. The first-order valence-corrected chi connectivity index (χ1v) is 5.61. The summed E-state index contributed by atoms with van der Waals surface area (Å²) in [6.45, 7) is 2.96. The van der Waals surface area contributed by atoms with E-state index in [1.807, 2.05) is 10.7 Å². The molecule has 0 aromatic carbocycles. The predicted octanol–water partition coefficient (Wildman–Crippen LogP) is 0.636. The summed E-state index contributed by atoms with van der Waals surface area (Å²) in [5, 5.41) is 4.27. The lowest BCUT2D eigenvalue weighted by Crippen LogP contribution is -2.32. The fraction of sp³-hybridized carbons (Fsp3) is 0.364. The number of nitrogens with one attached hydrogen (secondary N) is 1. The fourth-order valence-electron chi connectivity index (χ4n) is 1.74. The maximum Gasteiger partial charge on any atom is 0.152 e. The van der Waals surface area contributed by atoms with E-state index in [4.69, 9.17) is 5.84 Å². The molecule has 0 fully saturated rings. The standard InChI is InChI=1S/C11H16N6/c1-2-8-17-9(4-7-15-17)10(16-12)11-13-5-3-6-14-11/h3-7,10,16H,2,8,12H2,1H3. The van der Waals surface area contributed by atoms with Gasteiger partial charge in [0.15, 0.2) is 5.82 Å². The molecule has 3 N–H and O–H groups in total. The molecule has 90 valence electrons. The molecule has 0 aliphatic rings. The molecular formula is C11H16N6. The van der Waals surface area contributed by atoms with Gasteiger partial charge in [-0.15, -0.1) is 0 Å². The Morgan fingerprint density at radius 2 is 2.12 bits per heavy atom. The second-order valence-electron chi connectivity index (χ2n) is 3.69. The van der Waals surface area contributed by atoms with Crippen molar-refractivity contribution in [2.24, 2.45) is 5.84 Å². The van der Waals surface area contributed by atoms with Crippen LogP contribution in [0, 0.1) is 0 Å². The van der Waals surface area contributed by atoms with Crippen LogP contribution in [0.4, 0.5) is 0 Å². The van der Waals surface area contributed by atoms with E-state index in [1.165, 1.54) is 0 Å². The van der Waals surface area contributed by atoms with E-state index in [-0.39, 0.29) is 6.04 Å². The van der Waals surface area contributed by atoms with Gasteiger partial charge in [-0.25, -0.2) is 15.4 Å². The van der Waals surface area contributed by atoms with Gasteiger partial charge in [0.2, 0.25) is 0 Å². The van der Waals surface area contributed by atoms with Gasteiger partial charge in [-0.1, -0.05) is 6.92 Å². The summed E-state index contributed by atoms with van der Waals surface area (Å²) in [6.07, 6.45) is 6.18. The van der Waals surface area contributed by atoms with Crippen molar-refractivity contribution in [3.8, 4) is 0 Å². The van der Waals surface area contributed by atoms with Crippen molar-refractivity contribution in [1.82, 2.24) is 25.2 Å². The molecule has 0 amide bonds. The lowest BCUT2D eigenvalue weighted by Gasteiger charge is -2.15.